The lowest BCUT2D eigenvalue weighted by Gasteiger charge is -2.30. The Bertz CT molecular complexity index is 596. The van der Waals surface area contributed by atoms with Crippen LogP contribution in [0.15, 0.2) is 24.3 Å². The van der Waals surface area contributed by atoms with Gasteiger partial charge in [0.15, 0.2) is 0 Å². The number of anilines is 1. The van der Waals surface area contributed by atoms with Crippen molar-refractivity contribution in [2.45, 2.75) is 38.2 Å². The summed E-state index contributed by atoms with van der Waals surface area (Å²) in [6.07, 6.45) is 4.02. The van der Waals surface area contributed by atoms with E-state index in [0.717, 1.165) is 50.9 Å². The molecular weight excluding hydrogens is 320 g/mol. The highest BCUT2D eigenvalue weighted by atomic mass is 16.5. The molecule has 2 heterocycles. The van der Waals surface area contributed by atoms with Crippen molar-refractivity contribution < 1.29 is 19.4 Å². The number of rotatable bonds is 6. The van der Waals surface area contributed by atoms with Crippen molar-refractivity contribution in [1.29, 1.82) is 0 Å². The minimum atomic E-state index is -0.684. The first kappa shape index (κ1) is 17.9. The van der Waals surface area contributed by atoms with Crippen molar-refractivity contribution >= 4 is 17.6 Å². The van der Waals surface area contributed by atoms with Gasteiger partial charge in [-0.15, -0.1) is 0 Å². The molecule has 2 fully saturated rings. The highest BCUT2D eigenvalue weighted by molar-refractivity contribution is 5.94. The Morgan fingerprint density at radius 1 is 1.20 bits per heavy atom. The summed E-state index contributed by atoms with van der Waals surface area (Å²) in [5, 5.41) is 12.0. The van der Waals surface area contributed by atoms with Gasteiger partial charge in [-0.3, -0.25) is 9.59 Å². The van der Waals surface area contributed by atoms with Gasteiger partial charge < -0.3 is 20.1 Å². The predicted molar refractivity (Wildman–Crippen MR) is 94.5 cm³/mol. The monoisotopic (exact) mass is 346 g/mol. The Morgan fingerprint density at radius 2 is 2.00 bits per heavy atom. The Kier molecular flexibility index (Phi) is 6.04. The number of carbonyl (C=O) groups is 2. The third kappa shape index (κ3) is 5.03. The van der Waals surface area contributed by atoms with E-state index >= 15 is 0 Å². The van der Waals surface area contributed by atoms with E-state index in [2.05, 4.69) is 10.2 Å². The second-order valence-corrected chi connectivity index (χ2v) is 6.92. The Labute approximate surface area is 148 Å². The van der Waals surface area contributed by atoms with Crippen molar-refractivity contribution in [3.8, 4) is 0 Å². The van der Waals surface area contributed by atoms with Crippen molar-refractivity contribution in [2.75, 3.05) is 31.6 Å². The lowest BCUT2D eigenvalue weighted by molar-refractivity contribution is -0.143. The Balaban J connectivity index is 1.46. The van der Waals surface area contributed by atoms with Crippen LogP contribution in [0, 0.1) is 5.92 Å². The molecule has 0 bridgehead atoms. The molecule has 0 aliphatic carbocycles. The molecule has 0 aromatic heterocycles. The molecule has 2 atom stereocenters. The number of hydrogen-bond donors (Lipinski definition) is 2. The normalized spacial score (nSPS) is 24.2. The molecule has 1 aromatic carbocycles. The number of piperidine rings is 1. The second-order valence-electron chi connectivity index (χ2n) is 6.92. The average Bonchev–Trinajstić information content (AvgIpc) is 3.16. The first-order valence-corrected chi connectivity index (χ1v) is 9.08. The van der Waals surface area contributed by atoms with Gasteiger partial charge >= 0.3 is 5.97 Å². The summed E-state index contributed by atoms with van der Waals surface area (Å²) in [6, 6.07) is 7.87. The lowest BCUT2D eigenvalue weighted by Crippen LogP contribution is -2.39. The maximum absolute atomic E-state index is 12.0. The smallest absolute Gasteiger partial charge is 0.307 e. The van der Waals surface area contributed by atoms with E-state index in [-0.39, 0.29) is 17.9 Å². The quantitative estimate of drug-likeness (QED) is 0.825. The second kappa shape index (κ2) is 8.45. The third-order valence-electron chi connectivity index (χ3n) is 5.02. The standard InChI is InChI=1S/C19H26N2O4/c22-18(17-4-2-12-25-17)20-16-7-5-14(6-8-16)9-11-21-10-1-3-15(13-21)19(23)24/h5-8,15,17H,1-4,9-13H2,(H,20,22)(H,23,24). The number of likely N-dealkylation sites (tertiary alicyclic amines) is 1. The van der Waals surface area contributed by atoms with E-state index in [0.29, 0.717) is 13.2 Å². The Hall–Kier alpha value is -1.92. The van der Waals surface area contributed by atoms with Gasteiger partial charge in [-0.25, -0.2) is 0 Å². The number of carboxylic acids is 1. The molecule has 2 N–H and O–H groups in total. The highest BCUT2D eigenvalue weighted by Crippen LogP contribution is 2.18. The fraction of sp³-hybridized carbons (Fsp3) is 0.579. The summed E-state index contributed by atoms with van der Waals surface area (Å²) in [5.41, 5.74) is 1.97. The molecule has 6 heteroatoms. The summed E-state index contributed by atoms with van der Waals surface area (Å²) in [4.78, 5) is 25.4. The van der Waals surface area contributed by atoms with E-state index in [1.165, 1.54) is 5.56 Å². The van der Waals surface area contributed by atoms with Crippen molar-refractivity contribution in [3.63, 3.8) is 0 Å². The van der Waals surface area contributed by atoms with E-state index in [9.17, 15) is 9.59 Å². The summed E-state index contributed by atoms with van der Waals surface area (Å²) >= 11 is 0. The van der Waals surface area contributed by atoms with Gasteiger partial charge in [0.05, 0.1) is 5.92 Å². The molecular formula is C19H26N2O4. The number of amides is 1. The molecule has 2 aliphatic heterocycles. The first-order valence-electron chi connectivity index (χ1n) is 9.08. The van der Waals surface area contributed by atoms with Gasteiger partial charge in [0, 0.05) is 25.4 Å². The molecule has 136 valence electrons. The first-order chi connectivity index (χ1) is 12.1. The number of ether oxygens (including phenoxy) is 1. The number of benzene rings is 1. The molecule has 6 nitrogen and oxygen atoms in total. The van der Waals surface area contributed by atoms with E-state index in [1.807, 2.05) is 24.3 Å². The summed E-state index contributed by atoms with van der Waals surface area (Å²) in [6.45, 7) is 3.14. The van der Waals surface area contributed by atoms with Crippen LogP contribution < -0.4 is 5.32 Å². The fourth-order valence-electron chi connectivity index (χ4n) is 3.51. The average molecular weight is 346 g/mol. The maximum Gasteiger partial charge on any atom is 0.307 e. The predicted octanol–water partition coefficient (Wildman–Crippen LogP) is 2.14. The number of carbonyl (C=O) groups excluding carboxylic acids is 1. The van der Waals surface area contributed by atoms with Crippen LogP contribution in [-0.4, -0.2) is 54.2 Å². The summed E-state index contributed by atoms with van der Waals surface area (Å²) in [7, 11) is 0. The van der Waals surface area contributed by atoms with Crippen LogP contribution in [0.3, 0.4) is 0 Å². The van der Waals surface area contributed by atoms with Crippen LogP contribution in [0.1, 0.15) is 31.2 Å². The van der Waals surface area contributed by atoms with E-state index in [4.69, 9.17) is 9.84 Å². The van der Waals surface area contributed by atoms with Crippen LogP contribution in [0.2, 0.25) is 0 Å². The van der Waals surface area contributed by atoms with Gasteiger partial charge in [-0.1, -0.05) is 12.1 Å². The topological polar surface area (TPSA) is 78.9 Å². The number of nitrogens with zero attached hydrogens (tertiary/aromatic N) is 1. The van der Waals surface area contributed by atoms with Gasteiger partial charge in [0.2, 0.25) is 0 Å². The van der Waals surface area contributed by atoms with E-state index < -0.39 is 5.97 Å². The highest BCUT2D eigenvalue weighted by Gasteiger charge is 2.25. The zero-order chi connectivity index (χ0) is 17.6. The van der Waals surface area contributed by atoms with Crippen LogP contribution in [0.4, 0.5) is 5.69 Å². The zero-order valence-electron chi connectivity index (χ0n) is 14.4. The van der Waals surface area contributed by atoms with Crippen molar-refractivity contribution in [1.82, 2.24) is 4.90 Å². The summed E-state index contributed by atoms with van der Waals surface area (Å²) in [5.74, 6) is -0.988. The van der Waals surface area contributed by atoms with Gasteiger partial charge in [-0.05, 0) is 56.3 Å². The largest absolute Gasteiger partial charge is 0.481 e. The molecule has 0 saturated carbocycles. The molecule has 1 aromatic rings. The van der Waals surface area contributed by atoms with Gasteiger partial charge in [-0.2, -0.15) is 0 Å². The van der Waals surface area contributed by atoms with Crippen molar-refractivity contribution in [3.05, 3.63) is 29.8 Å². The molecule has 1 amide bonds. The SMILES string of the molecule is O=C(O)C1CCCN(CCc2ccc(NC(=O)C3CCCO3)cc2)C1. The third-order valence-corrected chi connectivity index (χ3v) is 5.02. The van der Waals surface area contributed by atoms with Crippen LogP contribution in [-0.2, 0) is 20.7 Å². The maximum atomic E-state index is 12.0. The number of aliphatic carboxylic acids is 1. The molecule has 2 unspecified atom stereocenters. The van der Waals surface area contributed by atoms with Crippen LogP contribution in [0.25, 0.3) is 0 Å². The molecule has 0 radical (unpaired) electrons. The molecule has 3 rings (SSSR count). The van der Waals surface area contributed by atoms with E-state index in [1.54, 1.807) is 0 Å². The van der Waals surface area contributed by atoms with Crippen molar-refractivity contribution in [2.24, 2.45) is 5.92 Å². The summed E-state index contributed by atoms with van der Waals surface area (Å²) < 4.78 is 5.38. The van der Waals surface area contributed by atoms with Crippen LogP contribution in [0.5, 0.6) is 0 Å². The Morgan fingerprint density at radius 3 is 2.68 bits per heavy atom. The van der Waals surface area contributed by atoms with Gasteiger partial charge in [0.1, 0.15) is 6.10 Å². The zero-order valence-corrected chi connectivity index (χ0v) is 14.4. The number of nitrogens with one attached hydrogen (secondary N) is 1. The fourth-order valence-corrected chi connectivity index (χ4v) is 3.51. The molecule has 2 aliphatic rings. The molecule has 0 spiro atoms. The molecule has 2 saturated heterocycles. The minimum Gasteiger partial charge on any atom is -0.481 e. The number of hydrogen-bond acceptors (Lipinski definition) is 4. The molecule has 25 heavy (non-hydrogen) atoms. The lowest BCUT2D eigenvalue weighted by atomic mass is 9.98. The van der Waals surface area contributed by atoms with Gasteiger partial charge in [0.25, 0.3) is 5.91 Å². The number of carboxylic acid groups (broad SMARTS) is 1. The van der Waals surface area contributed by atoms with Crippen LogP contribution >= 0.6 is 0 Å². The minimum absolute atomic E-state index is 0.0710.